The molecule has 0 N–H and O–H groups in total. The van der Waals surface area contributed by atoms with Crippen molar-refractivity contribution in [3.8, 4) is 0 Å². The van der Waals surface area contributed by atoms with E-state index in [1.54, 1.807) is 0 Å². The van der Waals surface area contributed by atoms with Crippen molar-refractivity contribution in [1.82, 2.24) is 5.01 Å². The molecule has 0 fully saturated rings. The topological polar surface area (TPSA) is 49.7 Å². The van der Waals surface area contributed by atoms with E-state index in [4.69, 9.17) is 10.7 Å². The van der Waals surface area contributed by atoms with Crippen LogP contribution in [0.5, 0.6) is 0 Å². The third kappa shape index (κ3) is 4.18. The summed E-state index contributed by atoms with van der Waals surface area (Å²) < 4.78 is 45.1. The lowest BCUT2D eigenvalue weighted by Gasteiger charge is -2.11. The second-order valence-corrected chi connectivity index (χ2v) is 4.72. The summed E-state index contributed by atoms with van der Waals surface area (Å²) in [5.41, 5.74) is 0. The van der Waals surface area contributed by atoms with Crippen molar-refractivity contribution < 1.29 is 17.2 Å². The first-order valence-electron chi connectivity index (χ1n) is 2.95. The lowest BCUT2D eigenvalue weighted by atomic mass is 10.7. The average Bonchev–Trinajstić information content (AvgIpc) is 1.96. The molecule has 8 heteroatoms. The molecule has 0 aromatic heterocycles. The molecule has 0 aliphatic carbocycles. The van der Waals surface area contributed by atoms with Gasteiger partial charge in [0, 0.05) is 23.6 Å². The smallest absolute Gasteiger partial charge is 0.211 e. The molecule has 0 amide bonds. The molecule has 0 aliphatic rings. The number of rotatable bonds is 4. The molecule has 0 spiro atoms. The number of halogens is 3. The maximum absolute atomic E-state index is 12.0. The van der Waals surface area contributed by atoms with E-state index in [-0.39, 0.29) is 5.01 Å². The average molecular weight is 233 g/mol. The van der Waals surface area contributed by atoms with Crippen LogP contribution in [0.4, 0.5) is 8.78 Å². The van der Waals surface area contributed by atoms with Gasteiger partial charge in [0.2, 0.25) is 0 Å². The summed E-state index contributed by atoms with van der Waals surface area (Å²) in [5.74, 6) is 0. The van der Waals surface area contributed by atoms with Crippen LogP contribution in [0.3, 0.4) is 0 Å². The fourth-order valence-electron chi connectivity index (χ4n) is 0.408. The largest absolute Gasteiger partial charge is 0.333 e. The molecular formula is C5H7ClF2N2O2S. The molecule has 0 unspecified atom stereocenters. The lowest BCUT2D eigenvalue weighted by molar-refractivity contribution is 0.00805. The van der Waals surface area contributed by atoms with Gasteiger partial charge in [0.25, 0.3) is 9.05 Å². The molecule has 0 saturated heterocycles. The van der Waals surface area contributed by atoms with Gasteiger partial charge in [-0.2, -0.15) is 13.9 Å². The number of hydrogen-bond donors (Lipinski definition) is 0. The normalized spacial score (nSPS) is 13.2. The van der Waals surface area contributed by atoms with E-state index < -0.39 is 20.5 Å². The van der Waals surface area contributed by atoms with Crippen molar-refractivity contribution >= 4 is 26.5 Å². The highest BCUT2D eigenvalue weighted by Gasteiger charge is 2.15. The van der Waals surface area contributed by atoms with Crippen molar-refractivity contribution in [3.05, 3.63) is 11.1 Å². The minimum absolute atomic E-state index is 0.0925. The lowest BCUT2D eigenvalue weighted by Crippen LogP contribution is -2.17. The van der Waals surface area contributed by atoms with Gasteiger partial charge < -0.3 is 0 Å². The molecule has 0 heterocycles. The maximum atomic E-state index is 12.0. The Morgan fingerprint density at radius 1 is 1.69 bits per heavy atom. The van der Waals surface area contributed by atoms with Crippen molar-refractivity contribution in [2.45, 2.75) is 13.5 Å². The number of nitrogens with zero attached hydrogens (tertiary/aromatic N) is 2. The standard InChI is InChI=1S/C5H7ClF2N2O2S/c1-4(13(6,11)12)3-10(9-2)5(7)8/h3,5H,2H2,1H3/b4-3+. The summed E-state index contributed by atoms with van der Waals surface area (Å²) in [5, 5.41) is 2.97. The Bertz CT molecular complexity index is 314. The van der Waals surface area contributed by atoms with Crippen LogP contribution in [-0.2, 0) is 9.05 Å². The van der Waals surface area contributed by atoms with Gasteiger partial charge in [-0.25, -0.2) is 13.4 Å². The highest BCUT2D eigenvalue weighted by atomic mass is 35.7. The van der Waals surface area contributed by atoms with Crippen LogP contribution in [0.25, 0.3) is 0 Å². The molecule has 4 nitrogen and oxygen atoms in total. The predicted molar refractivity (Wildman–Crippen MR) is 45.9 cm³/mol. The van der Waals surface area contributed by atoms with Crippen LogP contribution in [0.2, 0.25) is 0 Å². The first-order chi connectivity index (χ1) is 5.79. The van der Waals surface area contributed by atoms with Gasteiger partial charge in [-0.3, -0.25) is 0 Å². The van der Waals surface area contributed by atoms with Crippen LogP contribution in [0.15, 0.2) is 16.2 Å². The second-order valence-electron chi connectivity index (χ2n) is 1.98. The Hall–Kier alpha value is -0.690. The molecule has 0 atom stereocenters. The summed E-state index contributed by atoms with van der Waals surface area (Å²) >= 11 is 0. The van der Waals surface area contributed by atoms with Gasteiger partial charge in [0.15, 0.2) is 0 Å². The van der Waals surface area contributed by atoms with Crippen molar-refractivity contribution in [1.29, 1.82) is 0 Å². The molecular weight excluding hydrogens is 226 g/mol. The quantitative estimate of drug-likeness (QED) is 0.320. The Balaban J connectivity index is 4.82. The summed E-state index contributed by atoms with van der Waals surface area (Å²) in [6, 6.07) is 0. The SMILES string of the molecule is C=NN(/C=C(\C)S(=O)(=O)Cl)C(F)F. The predicted octanol–water partition coefficient (Wildman–Crippen LogP) is 1.56. The van der Waals surface area contributed by atoms with E-state index >= 15 is 0 Å². The molecule has 0 bridgehead atoms. The second kappa shape index (κ2) is 4.52. The number of alkyl halides is 2. The van der Waals surface area contributed by atoms with Crippen LogP contribution in [0, 0.1) is 0 Å². The third-order valence-corrected chi connectivity index (χ3v) is 2.67. The van der Waals surface area contributed by atoms with E-state index in [9.17, 15) is 17.2 Å². The number of hydrogen-bond acceptors (Lipinski definition) is 4. The number of allylic oxidation sites excluding steroid dienone is 1. The van der Waals surface area contributed by atoms with E-state index in [2.05, 4.69) is 11.8 Å². The molecule has 0 rings (SSSR count). The van der Waals surface area contributed by atoms with E-state index in [1.807, 2.05) is 0 Å². The molecule has 0 aromatic rings. The van der Waals surface area contributed by atoms with Crippen LogP contribution in [-0.4, -0.2) is 26.7 Å². The van der Waals surface area contributed by atoms with Crippen molar-refractivity contribution in [2.24, 2.45) is 5.10 Å². The maximum Gasteiger partial charge on any atom is 0.333 e. The zero-order chi connectivity index (χ0) is 10.6. The van der Waals surface area contributed by atoms with Crippen LogP contribution in [0.1, 0.15) is 6.92 Å². The minimum Gasteiger partial charge on any atom is -0.211 e. The molecule has 13 heavy (non-hydrogen) atoms. The van der Waals surface area contributed by atoms with E-state index in [1.165, 1.54) is 0 Å². The third-order valence-electron chi connectivity index (χ3n) is 1.06. The first kappa shape index (κ1) is 12.3. The molecule has 0 saturated carbocycles. The molecule has 0 aliphatic heterocycles. The van der Waals surface area contributed by atoms with Gasteiger partial charge in [0.05, 0.1) is 4.91 Å². The Morgan fingerprint density at radius 2 is 2.15 bits per heavy atom. The Labute approximate surface area is 78.9 Å². The highest BCUT2D eigenvalue weighted by Crippen LogP contribution is 2.14. The van der Waals surface area contributed by atoms with Gasteiger partial charge in [-0.15, -0.1) is 0 Å². The zero-order valence-corrected chi connectivity index (χ0v) is 8.19. The van der Waals surface area contributed by atoms with Crippen LogP contribution < -0.4 is 0 Å². The molecule has 0 aromatic carbocycles. The van der Waals surface area contributed by atoms with Crippen LogP contribution >= 0.6 is 10.7 Å². The van der Waals surface area contributed by atoms with Gasteiger partial charge >= 0.3 is 6.55 Å². The summed E-state index contributed by atoms with van der Waals surface area (Å²) in [4.78, 5) is -0.429. The minimum atomic E-state index is -3.97. The van der Waals surface area contributed by atoms with Gasteiger partial charge in [0.1, 0.15) is 0 Å². The summed E-state index contributed by atoms with van der Waals surface area (Å²) in [6.45, 7) is 0.950. The van der Waals surface area contributed by atoms with Gasteiger partial charge in [-0.1, -0.05) is 0 Å². The Kier molecular flexibility index (Phi) is 4.28. The first-order valence-corrected chi connectivity index (χ1v) is 5.26. The fraction of sp³-hybridized carbons (Fsp3) is 0.400. The number of hydrazone groups is 1. The van der Waals surface area contributed by atoms with E-state index in [0.29, 0.717) is 6.20 Å². The zero-order valence-electron chi connectivity index (χ0n) is 6.61. The van der Waals surface area contributed by atoms with Crippen molar-refractivity contribution in [2.75, 3.05) is 0 Å². The molecule has 76 valence electrons. The molecule has 0 radical (unpaired) electrons. The fourth-order valence-corrected chi connectivity index (χ4v) is 0.762. The summed E-state index contributed by atoms with van der Waals surface area (Å²) in [7, 11) is 0.889. The highest BCUT2D eigenvalue weighted by molar-refractivity contribution is 8.16. The van der Waals surface area contributed by atoms with E-state index in [0.717, 1.165) is 6.92 Å². The monoisotopic (exact) mass is 232 g/mol. The Morgan fingerprint density at radius 3 is 2.38 bits per heavy atom. The van der Waals surface area contributed by atoms with Crippen molar-refractivity contribution in [3.63, 3.8) is 0 Å². The summed E-state index contributed by atoms with van der Waals surface area (Å²) in [6.07, 6.45) is 0.597. The van der Waals surface area contributed by atoms with Gasteiger partial charge in [-0.05, 0) is 6.92 Å².